The van der Waals surface area contributed by atoms with Gasteiger partial charge in [0.05, 0.1) is 22.2 Å². The molecule has 6 N–H and O–H groups in total. The van der Waals surface area contributed by atoms with Crippen molar-refractivity contribution >= 4 is 27.9 Å². The highest BCUT2D eigenvalue weighted by Crippen LogP contribution is 2.41. The summed E-state index contributed by atoms with van der Waals surface area (Å²) in [5.41, 5.74) is 3.05. The molecule has 17 nitrogen and oxygen atoms in total. The smallest absolute Gasteiger partial charge is 0.335 e. The van der Waals surface area contributed by atoms with Crippen LogP contribution in [0.15, 0.2) is 30.6 Å². The third-order valence-corrected chi connectivity index (χ3v) is 14.7. The molecule has 4 unspecified atom stereocenters. The lowest BCUT2D eigenvalue weighted by Gasteiger charge is -2.54. The fourth-order valence-corrected chi connectivity index (χ4v) is 10.4. The van der Waals surface area contributed by atoms with Gasteiger partial charge in [0.2, 0.25) is 10.0 Å². The molecule has 3 aliphatic heterocycles. The van der Waals surface area contributed by atoms with Crippen molar-refractivity contribution in [2.24, 2.45) is 5.92 Å². The first-order valence-electron chi connectivity index (χ1n) is 19.8. The number of carbonyl (C=O) groups excluding carboxylic acids is 1. The number of piperazine rings is 1. The summed E-state index contributed by atoms with van der Waals surface area (Å²) < 4.78 is 42.0. The molecule has 2 aromatic rings. The molecule has 1 saturated carbocycles. The van der Waals surface area contributed by atoms with Crippen LogP contribution in [0.25, 0.3) is 0 Å². The van der Waals surface area contributed by atoms with Gasteiger partial charge in [-0.3, -0.25) is 14.6 Å². The van der Waals surface area contributed by atoms with Gasteiger partial charge in [0.25, 0.3) is 5.91 Å². The van der Waals surface area contributed by atoms with Crippen LogP contribution < -0.4 is 0 Å². The Morgan fingerprint density at radius 2 is 1.40 bits per heavy atom. The van der Waals surface area contributed by atoms with Crippen molar-refractivity contribution in [1.29, 1.82) is 0 Å². The van der Waals surface area contributed by atoms with Crippen LogP contribution >= 0.6 is 0 Å². The standard InChI is InChI=1S/C33H47FN6O3S.C6H10O8/c1-23-21-38(33(4)12-16-37(17-13-33)32(41)30-24(2)35-22-36-25(30)3)18-19-40(23)31(27-6-5-7-28(34)20-27)26-10-14-39(15-11-26)44(42,43)29-8-9-29;7-1(3(9)5(11)12)2(8)4(10)6(13)14/h5-7,20,22-23,26,29,31H,8-19,21H2,1-4H3;1-4,7-10H,(H,11,12)(H,13,14)/t23-,31+;/m1./s1. The summed E-state index contributed by atoms with van der Waals surface area (Å²) >= 11 is 0. The normalized spacial score (nSPS) is 23.8. The highest BCUT2D eigenvalue weighted by Gasteiger charge is 2.45. The van der Waals surface area contributed by atoms with Crippen LogP contribution in [0.5, 0.6) is 0 Å². The van der Waals surface area contributed by atoms with E-state index in [1.807, 2.05) is 24.8 Å². The average molecular weight is 837 g/mol. The summed E-state index contributed by atoms with van der Waals surface area (Å²) in [5.74, 6) is -3.62. The predicted molar refractivity (Wildman–Crippen MR) is 207 cm³/mol. The van der Waals surface area contributed by atoms with Gasteiger partial charge in [-0.25, -0.2) is 36.7 Å². The van der Waals surface area contributed by atoms with Gasteiger partial charge < -0.3 is 35.5 Å². The Morgan fingerprint density at radius 3 is 1.88 bits per heavy atom. The van der Waals surface area contributed by atoms with E-state index in [-0.39, 0.29) is 40.5 Å². The summed E-state index contributed by atoms with van der Waals surface area (Å²) in [5, 5.41) is 51.3. The van der Waals surface area contributed by atoms with E-state index in [4.69, 9.17) is 30.6 Å². The second kappa shape index (κ2) is 18.7. The number of hydrogen-bond donors (Lipinski definition) is 6. The van der Waals surface area contributed by atoms with Crippen LogP contribution in [0.1, 0.15) is 85.7 Å². The maximum Gasteiger partial charge on any atom is 0.335 e. The fourth-order valence-electron chi connectivity index (χ4n) is 8.56. The van der Waals surface area contributed by atoms with Gasteiger partial charge in [0.1, 0.15) is 24.4 Å². The minimum absolute atomic E-state index is 0.00866. The summed E-state index contributed by atoms with van der Waals surface area (Å²) in [4.78, 5) is 49.2. The number of amides is 1. The molecule has 3 saturated heterocycles. The monoisotopic (exact) mass is 836 g/mol. The number of halogens is 1. The zero-order valence-electron chi connectivity index (χ0n) is 33.4. The van der Waals surface area contributed by atoms with Gasteiger partial charge in [-0.2, -0.15) is 0 Å². The molecule has 0 radical (unpaired) electrons. The predicted octanol–water partition coefficient (Wildman–Crippen LogP) is 0.778. The maximum atomic E-state index is 14.5. The highest BCUT2D eigenvalue weighted by atomic mass is 32.2. The zero-order chi connectivity index (χ0) is 42.7. The molecule has 6 rings (SSSR count). The number of rotatable bonds is 12. The van der Waals surface area contributed by atoms with Crippen molar-refractivity contribution < 1.29 is 57.8 Å². The third kappa shape index (κ3) is 10.2. The largest absolute Gasteiger partial charge is 0.479 e. The molecule has 4 fully saturated rings. The molecule has 0 spiro atoms. The van der Waals surface area contributed by atoms with E-state index in [1.165, 1.54) is 12.4 Å². The van der Waals surface area contributed by atoms with Crippen molar-refractivity contribution in [1.82, 2.24) is 29.0 Å². The van der Waals surface area contributed by atoms with Gasteiger partial charge in [-0.1, -0.05) is 12.1 Å². The minimum atomic E-state index is -3.18. The lowest BCUT2D eigenvalue weighted by molar-refractivity contribution is -0.172. The van der Waals surface area contributed by atoms with Gasteiger partial charge >= 0.3 is 11.9 Å². The molecule has 1 aromatic heterocycles. The van der Waals surface area contributed by atoms with E-state index < -0.39 is 46.4 Å². The molecule has 58 heavy (non-hydrogen) atoms. The van der Waals surface area contributed by atoms with Crippen molar-refractivity contribution in [2.45, 2.75) is 114 Å². The van der Waals surface area contributed by atoms with Crippen LogP contribution in [0.4, 0.5) is 4.39 Å². The molecule has 4 aliphatic rings. The first kappa shape index (κ1) is 45.4. The Bertz CT molecular complexity index is 1840. The number of piperidine rings is 2. The maximum absolute atomic E-state index is 14.5. The number of aliphatic carboxylic acids is 2. The SMILES string of the molecule is Cc1ncnc(C)c1C(=O)N1CCC(C)(N2CCN([C@H](c3cccc(F)c3)C3CCN(S(=O)(=O)C4CC4)CC3)[C@H](C)C2)CC1.O=C(O)C(O)C(O)C(O)C(O)C(=O)O. The summed E-state index contributed by atoms with van der Waals surface area (Å²) in [6, 6.07) is 7.29. The number of benzene rings is 1. The molecule has 0 bridgehead atoms. The summed E-state index contributed by atoms with van der Waals surface area (Å²) in [6.07, 6.45) is -2.83. The number of aliphatic hydroxyl groups excluding tert-OH is 4. The van der Waals surface area contributed by atoms with Crippen LogP contribution in [-0.4, -0.2) is 173 Å². The van der Waals surface area contributed by atoms with Crippen LogP contribution in [0.2, 0.25) is 0 Å². The van der Waals surface area contributed by atoms with Gasteiger partial charge in [-0.05, 0) is 89.8 Å². The average Bonchev–Trinajstić information content (AvgIpc) is 4.05. The number of nitrogens with zero attached hydrogens (tertiary/aromatic N) is 6. The van der Waals surface area contributed by atoms with Gasteiger partial charge in [0.15, 0.2) is 12.2 Å². The number of sulfonamides is 1. The number of likely N-dealkylation sites (tertiary alicyclic amines) is 1. The first-order valence-corrected chi connectivity index (χ1v) is 21.3. The number of carboxylic acid groups (broad SMARTS) is 2. The molecule has 19 heteroatoms. The molecule has 6 atom stereocenters. The van der Waals surface area contributed by atoms with Crippen LogP contribution in [-0.2, 0) is 19.6 Å². The summed E-state index contributed by atoms with van der Waals surface area (Å²) in [6.45, 7) is 13.5. The number of aryl methyl sites for hydroxylation is 2. The number of hydrogen-bond acceptors (Lipinski definition) is 13. The first-order chi connectivity index (χ1) is 27.3. The molecule has 1 aliphatic carbocycles. The number of aliphatic hydroxyl groups is 4. The molecule has 322 valence electrons. The Labute approximate surface area is 338 Å². The second-order valence-corrected chi connectivity index (χ2v) is 18.5. The quantitative estimate of drug-likeness (QED) is 0.173. The van der Waals surface area contributed by atoms with Crippen LogP contribution in [0.3, 0.4) is 0 Å². The van der Waals surface area contributed by atoms with E-state index in [0.29, 0.717) is 31.7 Å². The number of carbonyl (C=O) groups is 3. The lowest BCUT2D eigenvalue weighted by Crippen LogP contribution is -2.63. The van der Waals surface area contributed by atoms with Crippen molar-refractivity contribution in [3.8, 4) is 0 Å². The van der Waals surface area contributed by atoms with Crippen LogP contribution in [0, 0.1) is 25.6 Å². The minimum Gasteiger partial charge on any atom is -0.479 e. The Morgan fingerprint density at radius 1 is 0.845 bits per heavy atom. The Kier molecular flexibility index (Phi) is 14.6. The van der Waals surface area contributed by atoms with E-state index in [2.05, 4.69) is 33.6 Å². The van der Waals surface area contributed by atoms with E-state index in [9.17, 15) is 27.2 Å². The van der Waals surface area contributed by atoms with E-state index in [1.54, 1.807) is 16.4 Å². The fraction of sp³-hybridized carbons (Fsp3) is 0.667. The van der Waals surface area contributed by atoms with Gasteiger partial charge in [-0.15, -0.1) is 0 Å². The summed E-state index contributed by atoms with van der Waals surface area (Å²) in [7, 11) is -3.18. The highest BCUT2D eigenvalue weighted by molar-refractivity contribution is 7.90. The van der Waals surface area contributed by atoms with E-state index in [0.717, 1.165) is 75.1 Å². The zero-order valence-corrected chi connectivity index (χ0v) is 34.2. The van der Waals surface area contributed by atoms with Crippen molar-refractivity contribution in [3.05, 3.63) is 58.9 Å². The number of carboxylic acids is 2. The van der Waals surface area contributed by atoms with Crippen molar-refractivity contribution in [2.75, 3.05) is 45.8 Å². The molecular weight excluding hydrogens is 780 g/mol. The lowest BCUT2D eigenvalue weighted by atomic mass is 9.82. The molecule has 4 heterocycles. The van der Waals surface area contributed by atoms with Crippen molar-refractivity contribution in [3.63, 3.8) is 0 Å². The molecule has 1 aromatic carbocycles. The molecule has 1 amide bonds. The van der Waals surface area contributed by atoms with Gasteiger partial charge in [0, 0.05) is 63.4 Å². The topological polar surface area (TPSA) is 245 Å². The third-order valence-electron chi connectivity index (χ3n) is 12.3. The second-order valence-electron chi connectivity index (χ2n) is 16.3. The molecular formula is C39H57FN6O11S. The van der Waals surface area contributed by atoms with E-state index >= 15 is 0 Å². The number of aromatic nitrogens is 2. The Hall–Kier alpha value is -3.69. The Balaban J connectivity index is 0.000000392.